The minimum Gasteiger partial charge on any atom is -0.322 e. The van der Waals surface area contributed by atoms with E-state index in [2.05, 4.69) is 10.7 Å². The van der Waals surface area contributed by atoms with Crippen LogP contribution in [0.25, 0.3) is 0 Å². The largest absolute Gasteiger partial charge is 0.322 e. The van der Waals surface area contributed by atoms with Crippen molar-refractivity contribution in [3.05, 3.63) is 29.8 Å². The van der Waals surface area contributed by atoms with E-state index in [9.17, 15) is 30.4 Å². The number of hydrogen-bond acceptors (Lipinski definition) is 7. The van der Waals surface area contributed by atoms with Crippen LogP contribution >= 0.6 is 0 Å². The number of nitrogens with one attached hydrogen (secondary N) is 2. The van der Waals surface area contributed by atoms with Gasteiger partial charge in [-0.25, -0.2) is 8.78 Å². The van der Waals surface area contributed by atoms with Gasteiger partial charge in [0.2, 0.25) is 5.91 Å². The molecule has 10 nitrogen and oxygen atoms in total. The highest BCUT2D eigenvalue weighted by Gasteiger charge is 2.09. The molecule has 0 aliphatic rings. The molecule has 0 fully saturated rings. The second kappa shape index (κ2) is 11.0. The Morgan fingerprint density at radius 2 is 1.54 bits per heavy atom. The molecule has 0 bridgehead atoms. The lowest BCUT2D eigenvalue weighted by molar-refractivity contribution is -0.115. The van der Waals surface area contributed by atoms with Crippen LogP contribution in [0.3, 0.4) is 0 Å². The Morgan fingerprint density at radius 1 is 1.12 bits per heavy atom. The van der Waals surface area contributed by atoms with Crippen molar-refractivity contribution in [3.8, 4) is 0 Å². The number of halogens is 2. The molecule has 6 N–H and O–H groups in total. The van der Waals surface area contributed by atoms with Gasteiger partial charge in [-0.2, -0.15) is 16.8 Å². The Morgan fingerprint density at radius 3 is 1.92 bits per heavy atom. The number of nitrogens with two attached hydrogens (primary N) is 1. The van der Waals surface area contributed by atoms with Crippen molar-refractivity contribution in [2.24, 2.45) is 5.84 Å². The SMILES string of the molecule is CS(=O)(=O)O.CS(=O)(=O)O.NNCC(=O)Nc1cccc(F)c1F. The molecule has 0 aliphatic carbocycles. The van der Waals surface area contributed by atoms with E-state index in [0.717, 1.165) is 6.07 Å². The number of amides is 1. The van der Waals surface area contributed by atoms with Crippen LogP contribution in [-0.4, -0.2) is 50.9 Å². The Labute approximate surface area is 137 Å². The molecule has 0 radical (unpaired) electrons. The van der Waals surface area contributed by atoms with Crippen molar-refractivity contribution in [2.75, 3.05) is 24.4 Å². The minimum atomic E-state index is -3.67. The summed E-state index contributed by atoms with van der Waals surface area (Å²) < 4.78 is 77.3. The van der Waals surface area contributed by atoms with Gasteiger partial charge in [-0.05, 0) is 12.1 Å². The van der Waals surface area contributed by atoms with Gasteiger partial charge in [0.1, 0.15) is 0 Å². The van der Waals surface area contributed by atoms with Crippen molar-refractivity contribution in [3.63, 3.8) is 0 Å². The number of rotatable bonds is 3. The molecular formula is C10H17F2N3O7S2. The molecule has 0 aliphatic heterocycles. The Bertz CT molecular complexity index is 693. The van der Waals surface area contributed by atoms with Gasteiger partial charge in [0.15, 0.2) is 11.6 Å². The Kier molecular flexibility index (Phi) is 11.2. The second-order valence-corrected chi connectivity index (χ2v) is 6.93. The molecule has 1 aromatic carbocycles. The predicted molar refractivity (Wildman–Crippen MR) is 82.1 cm³/mol. The van der Waals surface area contributed by atoms with Gasteiger partial charge in [-0.15, -0.1) is 0 Å². The van der Waals surface area contributed by atoms with Crippen LogP contribution in [0, 0.1) is 11.6 Å². The van der Waals surface area contributed by atoms with Crippen molar-refractivity contribution in [1.29, 1.82) is 0 Å². The molecule has 24 heavy (non-hydrogen) atoms. The van der Waals surface area contributed by atoms with Gasteiger partial charge in [0.05, 0.1) is 24.7 Å². The van der Waals surface area contributed by atoms with Crippen LogP contribution in [0.2, 0.25) is 0 Å². The fourth-order valence-electron chi connectivity index (χ4n) is 0.887. The summed E-state index contributed by atoms with van der Waals surface area (Å²) >= 11 is 0. The third kappa shape index (κ3) is 20.3. The van der Waals surface area contributed by atoms with Gasteiger partial charge in [0, 0.05) is 0 Å². The highest BCUT2D eigenvalue weighted by molar-refractivity contribution is 7.85. The summed E-state index contributed by atoms with van der Waals surface area (Å²) in [6.45, 7) is -0.171. The molecule has 0 aromatic heterocycles. The van der Waals surface area contributed by atoms with Gasteiger partial charge in [-0.1, -0.05) is 6.07 Å². The van der Waals surface area contributed by atoms with E-state index in [4.69, 9.17) is 14.9 Å². The molecule has 0 heterocycles. The maximum Gasteiger partial charge on any atom is 0.261 e. The number of carbonyl (C=O) groups excluding carboxylic acids is 1. The zero-order chi connectivity index (χ0) is 19.6. The van der Waals surface area contributed by atoms with Crippen LogP contribution in [0.4, 0.5) is 14.5 Å². The monoisotopic (exact) mass is 393 g/mol. The number of carbonyl (C=O) groups is 1. The first-order valence-electron chi connectivity index (χ1n) is 5.67. The molecular weight excluding hydrogens is 376 g/mol. The Hall–Kier alpha value is -1.71. The standard InChI is InChI=1S/C8H9F2N3O.2CH4O3S/c9-5-2-1-3-6(8(5)10)13-7(14)4-12-11;2*1-5(2,3)4/h1-3,12H,4,11H2,(H,13,14);2*1H3,(H,2,3,4). The summed E-state index contributed by atoms with van der Waals surface area (Å²) in [5.74, 6) is 2.23. The zero-order valence-electron chi connectivity index (χ0n) is 12.5. The highest BCUT2D eigenvalue weighted by atomic mass is 32.2. The molecule has 1 amide bonds. The summed E-state index contributed by atoms with van der Waals surface area (Å²) in [7, 11) is -7.33. The third-order valence-electron chi connectivity index (χ3n) is 1.49. The first-order valence-corrected chi connectivity index (χ1v) is 9.37. The van der Waals surface area contributed by atoms with E-state index >= 15 is 0 Å². The minimum absolute atomic E-state index is 0.171. The molecule has 1 rings (SSSR count). The van der Waals surface area contributed by atoms with Crippen LogP contribution in [0.15, 0.2) is 18.2 Å². The quantitative estimate of drug-likeness (QED) is 0.254. The number of hydrazine groups is 1. The normalized spacial score (nSPS) is 10.6. The summed E-state index contributed by atoms with van der Waals surface area (Å²) in [4.78, 5) is 10.9. The summed E-state index contributed by atoms with van der Waals surface area (Å²) in [6.07, 6.45) is 1.43. The maximum absolute atomic E-state index is 13.0. The van der Waals surface area contributed by atoms with Crippen LogP contribution in [0.1, 0.15) is 0 Å². The van der Waals surface area contributed by atoms with E-state index in [1.165, 1.54) is 12.1 Å². The molecule has 0 saturated heterocycles. The van der Waals surface area contributed by atoms with Gasteiger partial charge >= 0.3 is 0 Å². The first kappa shape index (κ1) is 24.5. The molecule has 140 valence electrons. The zero-order valence-corrected chi connectivity index (χ0v) is 14.2. The summed E-state index contributed by atoms with van der Waals surface area (Å²) in [6, 6.07) is 3.52. The van der Waals surface area contributed by atoms with E-state index in [0.29, 0.717) is 12.5 Å². The van der Waals surface area contributed by atoms with E-state index in [1.54, 1.807) is 0 Å². The first-order chi connectivity index (χ1) is 10.6. The molecule has 14 heteroatoms. The molecule has 1 aromatic rings. The van der Waals surface area contributed by atoms with Crippen molar-refractivity contribution >= 4 is 31.8 Å². The lowest BCUT2D eigenvalue weighted by Crippen LogP contribution is -2.32. The fraction of sp³-hybridized carbons (Fsp3) is 0.300. The topological polar surface area (TPSA) is 176 Å². The number of anilines is 1. The average molecular weight is 393 g/mol. The molecule has 0 spiro atoms. The molecule has 0 saturated carbocycles. The Balaban J connectivity index is 0. The third-order valence-corrected chi connectivity index (χ3v) is 1.49. The predicted octanol–water partition coefficient (Wildman–Crippen LogP) is -0.625. The molecule has 0 unspecified atom stereocenters. The van der Waals surface area contributed by atoms with Crippen LogP contribution < -0.4 is 16.6 Å². The average Bonchev–Trinajstić information content (AvgIpc) is 2.31. The van der Waals surface area contributed by atoms with Crippen molar-refractivity contribution in [2.45, 2.75) is 0 Å². The summed E-state index contributed by atoms with van der Waals surface area (Å²) in [5.41, 5.74) is 1.89. The van der Waals surface area contributed by atoms with Gasteiger partial charge in [0.25, 0.3) is 20.2 Å². The fourth-order valence-corrected chi connectivity index (χ4v) is 0.887. The van der Waals surface area contributed by atoms with Gasteiger partial charge < -0.3 is 5.32 Å². The maximum atomic E-state index is 13.0. The lowest BCUT2D eigenvalue weighted by atomic mass is 10.3. The smallest absolute Gasteiger partial charge is 0.261 e. The molecule has 0 atom stereocenters. The van der Waals surface area contributed by atoms with Gasteiger partial charge in [-0.3, -0.25) is 25.2 Å². The van der Waals surface area contributed by atoms with E-state index in [1.807, 2.05) is 0 Å². The second-order valence-electron chi connectivity index (χ2n) is 4.00. The summed E-state index contributed by atoms with van der Waals surface area (Å²) in [5, 5.41) is 2.16. The van der Waals surface area contributed by atoms with Crippen LogP contribution in [-0.2, 0) is 25.0 Å². The van der Waals surface area contributed by atoms with Crippen molar-refractivity contribution < 1.29 is 39.5 Å². The van der Waals surface area contributed by atoms with E-state index in [-0.39, 0.29) is 12.2 Å². The number of benzene rings is 1. The highest BCUT2D eigenvalue weighted by Crippen LogP contribution is 2.15. The van der Waals surface area contributed by atoms with Crippen LogP contribution in [0.5, 0.6) is 0 Å². The lowest BCUT2D eigenvalue weighted by Gasteiger charge is -2.05. The van der Waals surface area contributed by atoms with Crippen molar-refractivity contribution in [1.82, 2.24) is 5.43 Å². The van der Waals surface area contributed by atoms with E-state index < -0.39 is 37.8 Å². The number of hydrogen-bond donors (Lipinski definition) is 5.